The van der Waals surface area contributed by atoms with E-state index < -0.39 is 0 Å². The summed E-state index contributed by atoms with van der Waals surface area (Å²) < 4.78 is 0. The second kappa shape index (κ2) is 4.68. The van der Waals surface area contributed by atoms with Gasteiger partial charge in [0.15, 0.2) is 0 Å². The van der Waals surface area contributed by atoms with Crippen LogP contribution in [0.2, 0.25) is 0 Å². The zero-order chi connectivity index (χ0) is 10.8. The van der Waals surface area contributed by atoms with E-state index in [-0.39, 0.29) is 0 Å². The molecule has 2 heteroatoms. The SMILES string of the molecule is C1CCC2=NC3CCCCCC3=NC2CC1. The van der Waals surface area contributed by atoms with Crippen LogP contribution in [-0.4, -0.2) is 23.5 Å². The third-order valence-electron chi connectivity index (χ3n) is 4.23. The Morgan fingerprint density at radius 1 is 0.625 bits per heavy atom. The summed E-state index contributed by atoms with van der Waals surface area (Å²) in [7, 11) is 0. The standard InChI is InChI=1S/C14H22N2/c1-3-7-11-12(8-4-1)16-14-10-6-2-5-9-13(14)15-11/h11,14H,1-10H2. The van der Waals surface area contributed by atoms with Crippen LogP contribution in [0.1, 0.15) is 64.2 Å². The molecular weight excluding hydrogens is 196 g/mol. The quantitative estimate of drug-likeness (QED) is 0.594. The fourth-order valence-electron chi connectivity index (χ4n) is 3.29. The zero-order valence-corrected chi connectivity index (χ0v) is 10.1. The maximum atomic E-state index is 5.03. The number of fused-ring (bicyclic) bond motifs is 2. The first-order valence-corrected chi connectivity index (χ1v) is 7.06. The molecule has 1 aliphatic heterocycles. The van der Waals surface area contributed by atoms with Crippen LogP contribution in [0.15, 0.2) is 9.98 Å². The summed E-state index contributed by atoms with van der Waals surface area (Å²) in [6.07, 6.45) is 13.1. The van der Waals surface area contributed by atoms with Gasteiger partial charge in [-0.25, -0.2) is 0 Å². The molecule has 0 saturated heterocycles. The highest BCUT2D eigenvalue weighted by Crippen LogP contribution is 2.27. The summed E-state index contributed by atoms with van der Waals surface area (Å²) in [6, 6.07) is 0.957. The monoisotopic (exact) mass is 218 g/mol. The molecule has 0 aromatic rings. The van der Waals surface area contributed by atoms with E-state index in [4.69, 9.17) is 9.98 Å². The lowest BCUT2D eigenvalue weighted by atomic mass is 9.99. The van der Waals surface area contributed by atoms with Gasteiger partial charge in [-0.05, 0) is 38.5 Å². The van der Waals surface area contributed by atoms with Crippen molar-refractivity contribution in [3.8, 4) is 0 Å². The normalized spacial score (nSPS) is 35.0. The Bertz CT molecular complexity index is 285. The minimum atomic E-state index is 0.479. The second-order valence-corrected chi connectivity index (χ2v) is 5.47. The van der Waals surface area contributed by atoms with E-state index in [0.717, 1.165) is 0 Å². The third-order valence-corrected chi connectivity index (χ3v) is 4.23. The predicted molar refractivity (Wildman–Crippen MR) is 68.6 cm³/mol. The Hall–Kier alpha value is -0.660. The molecule has 16 heavy (non-hydrogen) atoms. The molecule has 88 valence electrons. The second-order valence-electron chi connectivity index (χ2n) is 5.47. The average Bonchev–Trinajstić information content (AvgIpc) is 2.64. The van der Waals surface area contributed by atoms with Gasteiger partial charge in [0.05, 0.1) is 12.1 Å². The molecule has 2 atom stereocenters. The van der Waals surface area contributed by atoms with Crippen LogP contribution in [0.5, 0.6) is 0 Å². The summed E-state index contributed by atoms with van der Waals surface area (Å²) in [5, 5.41) is 0. The lowest BCUT2D eigenvalue weighted by Gasteiger charge is -2.25. The van der Waals surface area contributed by atoms with Crippen molar-refractivity contribution in [3.05, 3.63) is 0 Å². The molecule has 0 bridgehead atoms. The fraction of sp³-hybridized carbons (Fsp3) is 0.857. The van der Waals surface area contributed by atoms with Crippen molar-refractivity contribution >= 4 is 11.4 Å². The molecule has 2 aliphatic carbocycles. The molecular formula is C14H22N2. The Labute approximate surface area is 98.3 Å². The lowest BCUT2D eigenvalue weighted by molar-refractivity contribution is 0.644. The van der Waals surface area contributed by atoms with Gasteiger partial charge in [-0.2, -0.15) is 0 Å². The Morgan fingerprint density at radius 3 is 1.62 bits per heavy atom. The first-order chi connectivity index (χ1) is 7.93. The van der Waals surface area contributed by atoms with E-state index in [9.17, 15) is 0 Å². The highest BCUT2D eigenvalue weighted by atomic mass is 15.0. The minimum absolute atomic E-state index is 0.479. The van der Waals surface area contributed by atoms with Crippen molar-refractivity contribution in [2.75, 3.05) is 0 Å². The van der Waals surface area contributed by atoms with Crippen LogP contribution in [0.25, 0.3) is 0 Å². The van der Waals surface area contributed by atoms with Crippen molar-refractivity contribution in [2.45, 2.75) is 76.3 Å². The van der Waals surface area contributed by atoms with E-state index >= 15 is 0 Å². The first-order valence-electron chi connectivity index (χ1n) is 7.06. The van der Waals surface area contributed by atoms with E-state index in [2.05, 4.69) is 0 Å². The van der Waals surface area contributed by atoms with Gasteiger partial charge in [-0.1, -0.05) is 25.7 Å². The van der Waals surface area contributed by atoms with Gasteiger partial charge in [0.25, 0.3) is 0 Å². The van der Waals surface area contributed by atoms with Crippen LogP contribution >= 0.6 is 0 Å². The predicted octanol–water partition coefficient (Wildman–Crippen LogP) is 3.55. The summed E-state index contributed by atoms with van der Waals surface area (Å²) in [6.45, 7) is 0. The van der Waals surface area contributed by atoms with Gasteiger partial charge in [0.2, 0.25) is 0 Å². The fourth-order valence-corrected chi connectivity index (χ4v) is 3.29. The summed E-state index contributed by atoms with van der Waals surface area (Å²) in [5.41, 5.74) is 2.88. The molecule has 3 aliphatic rings. The van der Waals surface area contributed by atoms with Crippen LogP contribution in [0.4, 0.5) is 0 Å². The highest BCUT2D eigenvalue weighted by Gasteiger charge is 2.28. The van der Waals surface area contributed by atoms with E-state index in [1.54, 1.807) is 0 Å². The molecule has 0 N–H and O–H groups in total. The van der Waals surface area contributed by atoms with Crippen molar-refractivity contribution in [2.24, 2.45) is 9.98 Å². The largest absolute Gasteiger partial charge is 0.283 e. The maximum absolute atomic E-state index is 5.03. The molecule has 2 fully saturated rings. The molecule has 2 saturated carbocycles. The number of hydrogen-bond donors (Lipinski definition) is 0. The van der Waals surface area contributed by atoms with Crippen LogP contribution in [0, 0.1) is 0 Å². The van der Waals surface area contributed by atoms with Crippen LogP contribution in [-0.2, 0) is 0 Å². The summed E-state index contributed by atoms with van der Waals surface area (Å²) in [4.78, 5) is 10.1. The molecule has 0 radical (unpaired) electrons. The molecule has 3 rings (SSSR count). The topological polar surface area (TPSA) is 24.7 Å². The smallest absolute Gasteiger partial charge is 0.0876 e. The summed E-state index contributed by atoms with van der Waals surface area (Å²) >= 11 is 0. The van der Waals surface area contributed by atoms with Gasteiger partial charge in [0, 0.05) is 11.4 Å². The van der Waals surface area contributed by atoms with Gasteiger partial charge >= 0.3 is 0 Å². The number of aliphatic imine (C=N–C) groups is 2. The van der Waals surface area contributed by atoms with Gasteiger partial charge in [-0.15, -0.1) is 0 Å². The molecule has 0 aromatic carbocycles. The molecule has 2 nitrogen and oxygen atoms in total. The molecule has 1 heterocycles. The van der Waals surface area contributed by atoms with E-state index in [0.29, 0.717) is 12.1 Å². The molecule has 2 unspecified atom stereocenters. The third kappa shape index (κ3) is 2.07. The number of hydrogen-bond acceptors (Lipinski definition) is 2. The lowest BCUT2D eigenvalue weighted by Crippen LogP contribution is -2.31. The number of rotatable bonds is 0. The van der Waals surface area contributed by atoms with Crippen molar-refractivity contribution < 1.29 is 0 Å². The molecule has 0 amide bonds. The Morgan fingerprint density at radius 2 is 1.12 bits per heavy atom. The van der Waals surface area contributed by atoms with E-state index in [1.807, 2.05) is 0 Å². The van der Waals surface area contributed by atoms with Gasteiger partial charge in [-0.3, -0.25) is 9.98 Å². The molecule has 0 spiro atoms. The maximum Gasteiger partial charge on any atom is 0.0876 e. The van der Waals surface area contributed by atoms with Crippen LogP contribution in [0.3, 0.4) is 0 Å². The average molecular weight is 218 g/mol. The van der Waals surface area contributed by atoms with Crippen molar-refractivity contribution in [3.63, 3.8) is 0 Å². The number of nitrogens with zero attached hydrogens (tertiary/aromatic N) is 2. The van der Waals surface area contributed by atoms with Crippen LogP contribution < -0.4 is 0 Å². The van der Waals surface area contributed by atoms with Gasteiger partial charge < -0.3 is 0 Å². The first kappa shape index (κ1) is 10.5. The summed E-state index contributed by atoms with van der Waals surface area (Å²) in [5.74, 6) is 0. The minimum Gasteiger partial charge on any atom is -0.283 e. The Kier molecular flexibility index (Phi) is 3.07. The molecule has 0 aromatic heterocycles. The Balaban J connectivity index is 1.84. The zero-order valence-electron chi connectivity index (χ0n) is 10.1. The van der Waals surface area contributed by atoms with Crippen molar-refractivity contribution in [1.29, 1.82) is 0 Å². The highest BCUT2D eigenvalue weighted by molar-refractivity contribution is 6.01. The van der Waals surface area contributed by atoms with Crippen molar-refractivity contribution in [1.82, 2.24) is 0 Å². The van der Waals surface area contributed by atoms with Gasteiger partial charge in [0.1, 0.15) is 0 Å². The van der Waals surface area contributed by atoms with E-state index in [1.165, 1.54) is 75.6 Å².